The van der Waals surface area contributed by atoms with Crippen LogP contribution in [-0.4, -0.2) is 47.0 Å². The summed E-state index contributed by atoms with van der Waals surface area (Å²) in [5.74, 6) is 1.04. The lowest BCUT2D eigenvalue weighted by Crippen LogP contribution is -2.45. The minimum Gasteiger partial charge on any atom is -0.354 e. The van der Waals surface area contributed by atoms with E-state index in [4.69, 9.17) is 4.98 Å². The van der Waals surface area contributed by atoms with E-state index in [1.807, 2.05) is 0 Å². The van der Waals surface area contributed by atoms with Crippen LogP contribution in [0.4, 0.5) is 0 Å². The molecule has 0 saturated carbocycles. The third kappa shape index (κ3) is 4.12. The number of nitrogens with zero attached hydrogens (tertiary/aromatic N) is 3. The van der Waals surface area contributed by atoms with Crippen LogP contribution < -0.4 is 5.32 Å². The van der Waals surface area contributed by atoms with E-state index in [-0.39, 0.29) is 11.9 Å². The van der Waals surface area contributed by atoms with Crippen molar-refractivity contribution in [2.24, 2.45) is 0 Å². The van der Waals surface area contributed by atoms with Crippen molar-refractivity contribution in [3.8, 4) is 0 Å². The Morgan fingerprint density at radius 2 is 2.00 bits per heavy atom. The van der Waals surface area contributed by atoms with Crippen molar-refractivity contribution in [1.29, 1.82) is 0 Å². The molecule has 1 N–H and O–H groups in total. The fourth-order valence-corrected chi connectivity index (χ4v) is 3.95. The van der Waals surface area contributed by atoms with Gasteiger partial charge in [-0.05, 0) is 64.6 Å². The van der Waals surface area contributed by atoms with Gasteiger partial charge in [0.1, 0.15) is 5.82 Å². The van der Waals surface area contributed by atoms with Gasteiger partial charge in [-0.1, -0.05) is 12.8 Å². The minimum atomic E-state index is 0.0266. The molecule has 0 spiro atoms. The van der Waals surface area contributed by atoms with Gasteiger partial charge in [0.15, 0.2) is 0 Å². The van der Waals surface area contributed by atoms with Crippen LogP contribution in [0.2, 0.25) is 0 Å². The lowest BCUT2D eigenvalue weighted by atomic mass is 9.95. The summed E-state index contributed by atoms with van der Waals surface area (Å²) < 4.78 is 0. The minimum absolute atomic E-state index is 0.0266. The Labute approximate surface area is 145 Å². The zero-order chi connectivity index (χ0) is 16.9. The lowest BCUT2D eigenvalue weighted by Gasteiger charge is -2.24. The number of hydrogen-bond donors (Lipinski definition) is 1. The van der Waals surface area contributed by atoms with Gasteiger partial charge in [-0.3, -0.25) is 9.69 Å². The van der Waals surface area contributed by atoms with Crippen LogP contribution >= 0.6 is 0 Å². The largest absolute Gasteiger partial charge is 0.354 e. The van der Waals surface area contributed by atoms with Crippen molar-refractivity contribution in [3.63, 3.8) is 0 Å². The van der Waals surface area contributed by atoms with Gasteiger partial charge >= 0.3 is 0 Å². The molecular weight excluding hydrogens is 300 g/mol. The average Bonchev–Trinajstić information content (AvgIpc) is 2.79. The molecule has 0 aromatic carbocycles. The molecule has 1 fully saturated rings. The summed E-state index contributed by atoms with van der Waals surface area (Å²) in [7, 11) is 2.06. The van der Waals surface area contributed by atoms with Gasteiger partial charge in [-0.25, -0.2) is 9.97 Å². The molecule has 1 aromatic rings. The van der Waals surface area contributed by atoms with Gasteiger partial charge < -0.3 is 5.32 Å². The fourth-order valence-electron chi connectivity index (χ4n) is 3.95. The Balaban J connectivity index is 1.54. The molecule has 1 atom stereocenters. The molecule has 1 aliphatic heterocycles. The highest BCUT2D eigenvalue weighted by Crippen LogP contribution is 2.21. The summed E-state index contributed by atoms with van der Waals surface area (Å²) in [5.41, 5.74) is 3.72. The monoisotopic (exact) mass is 330 g/mol. The van der Waals surface area contributed by atoms with Gasteiger partial charge in [0.05, 0.1) is 6.04 Å². The standard InChI is InChI=1S/C19H30N4O/c1-14-15-8-5-6-9-16(15)22-18(21-14)11-12-20-19(24)17-10-4-3-7-13-23(17)2/h17H,3-13H2,1-2H3,(H,20,24). The van der Waals surface area contributed by atoms with Crippen molar-refractivity contribution in [2.75, 3.05) is 20.1 Å². The molecule has 5 nitrogen and oxygen atoms in total. The van der Waals surface area contributed by atoms with Crippen LogP contribution in [0.15, 0.2) is 0 Å². The first-order chi connectivity index (χ1) is 11.6. The normalized spacial score (nSPS) is 21.8. The molecule has 2 aliphatic rings. The first-order valence-corrected chi connectivity index (χ1v) is 9.48. The predicted octanol–water partition coefficient (Wildman–Crippen LogP) is 2.20. The molecule has 1 aliphatic carbocycles. The highest BCUT2D eigenvalue weighted by Gasteiger charge is 2.24. The summed E-state index contributed by atoms with van der Waals surface area (Å²) in [6.45, 7) is 3.74. The van der Waals surface area contributed by atoms with Gasteiger partial charge in [-0.2, -0.15) is 0 Å². The Morgan fingerprint density at radius 1 is 1.17 bits per heavy atom. The van der Waals surface area contributed by atoms with Crippen LogP contribution in [0.1, 0.15) is 61.3 Å². The molecule has 1 saturated heterocycles. The zero-order valence-electron chi connectivity index (χ0n) is 15.1. The molecule has 132 valence electrons. The number of aromatic nitrogens is 2. The maximum Gasteiger partial charge on any atom is 0.237 e. The van der Waals surface area contributed by atoms with Crippen LogP contribution in [-0.2, 0) is 24.1 Å². The molecule has 2 heterocycles. The molecule has 24 heavy (non-hydrogen) atoms. The fraction of sp³-hybridized carbons (Fsp3) is 0.737. The third-order valence-corrected chi connectivity index (χ3v) is 5.41. The molecule has 1 unspecified atom stereocenters. The number of carbonyl (C=O) groups excluding carboxylic acids is 1. The van der Waals surface area contributed by atoms with E-state index in [9.17, 15) is 4.79 Å². The number of fused-ring (bicyclic) bond motifs is 1. The first kappa shape index (κ1) is 17.3. The van der Waals surface area contributed by atoms with Crippen molar-refractivity contribution in [3.05, 3.63) is 22.8 Å². The summed E-state index contributed by atoms with van der Waals surface area (Å²) in [4.78, 5) is 24.0. The first-order valence-electron chi connectivity index (χ1n) is 9.48. The predicted molar refractivity (Wildman–Crippen MR) is 95.0 cm³/mol. The second kappa shape index (κ2) is 8.06. The molecule has 0 radical (unpaired) electrons. The van der Waals surface area contributed by atoms with E-state index in [1.165, 1.54) is 36.9 Å². The second-order valence-electron chi connectivity index (χ2n) is 7.24. The highest BCUT2D eigenvalue weighted by molar-refractivity contribution is 5.81. The molecular formula is C19H30N4O. The molecule has 3 rings (SSSR count). The van der Waals surface area contributed by atoms with E-state index in [0.717, 1.165) is 50.2 Å². The van der Waals surface area contributed by atoms with Crippen molar-refractivity contribution in [2.45, 2.75) is 70.8 Å². The van der Waals surface area contributed by atoms with Gasteiger partial charge in [0.25, 0.3) is 0 Å². The number of amides is 1. The smallest absolute Gasteiger partial charge is 0.237 e. The topological polar surface area (TPSA) is 58.1 Å². The number of hydrogen-bond acceptors (Lipinski definition) is 4. The SMILES string of the molecule is Cc1nc(CCNC(=O)C2CCCCCN2C)nc2c1CCCC2. The number of carbonyl (C=O) groups is 1. The summed E-state index contributed by atoms with van der Waals surface area (Å²) in [6, 6.07) is 0.0266. The molecule has 1 aromatic heterocycles. The molecule has 1 amide bonds. The Bertz CT molecular complexity index is 587. The van der Waals surface area contributed by atoms with E-state index in [0.29, 0.717) is 6.54 Å². The van der Waals surface area contributed by atoms with Crippen molar-refractivity contribution in [1.82, 2.24) is 20.2 Å². The van der Waals surface area contributed by atoms with Crippen LogP contribution in [0.3, 0.4) is 0 Å². The highest BCUT2D eigenvalue weighted by atomic mass is 16.2. The Kier molecular flexibility index (Phi) is 5.82. The number of likely N-dealkylation sites (tertiary alicyclic amines) is 1. The van der Waals surface area contributed by atoms with Crippen LogP contribution in [0, 0.1) is 6.92 Å². The Hall–Kier alpha value is -1.49. The summed E-state index contributed by atoms with van der Waals surface area (Å²) in [5, 5.41) is 3.10. The van der Waals surface area contributed by atoms with Gasteiger partial charge in [0.2, 0.25) is 5.91 Å². The quantitative estimate of drug-likeness (QED) is 0.919. The van der Waals surface area contributed by atoms with Gasteiger partial charge in [0, 0.05) is 24.4 Å². The maximum atomic E-state index is 12.5. The summed E-state index contributed by atoms with van der Waals surface area (Å²) in [6.07, 6.45) is 9.94. The third-order valence-electron chi connectivity index (χ3n) is 5.41. The maximum absolute atomic E-state index is 12.5. The van der Waals surface area contributed by atoms with Crippen molar-refractivity contribution < 1.29 is 4.79 Å². The number of rotatable bonds is 4. The van der Waals surface area contributed by atoms with E-state index < -0.39 is 0 Å². The Morgan fingerprint density at radius 3 is 2.88 bits per heavy atom. The molecule has 0 bridgehead atoms. The second-order valence-corrected chi connectivity index (χ2v) is 7.24. The van der Waals surface area contributed by atoms with E-state index in [1.54, 1.807) is 0 Å². The lowest BCUT2D eigenvalue weighted by molar-refractivity contribution is -0.126. The summed E-state index contributed by atoms with van der Waals surface area (Å²) >= 11 is 0. The van der Waals surface area contributed by atoms with Crippen LogP contribution in [0.5, 0.6) is 0 Å². The van der Waals surface area contributed by atoms with Crippen molar-refractivity contribution >= 4 is 5.91 Å². The van der Waals surface area contributed by atoms with Crippen LogP contribution in [0.25, 0.3) is 0 Å². The van der Waals surface area contributed by atoms with E-state index in [2.05, 4.69) is 29.2 Å². The molecule has 5 heteroatoms. The average molecular weight is 330 g/mol. The zero-order valence-corrected chi connectivity index (χ0v) is 15.1. The number of aryl methyl sites for hydroxylation is 2. The number of nitrogens with one attached hydrogen (secondary N) is 1. The number of likely N-dealkylation sites (N-methyl/N-ethyl adjacent to an activating group) is 1. The van der Waals surface area contributed by atoms with E-state index >= 15 is 0 Å². The van der Waals surface area contributed by atoms with Gasteiger partial charge in [-0.15, -0.1) is 0 Å².